The van der Waals surface area contributed by atoms with Crippen molar-refractivity contribution in [2.75, 3.05) is 0 Å². The van der Waals surface area contributed by atoms with Gasteiger partial charge in [0.05, 0.1) is 23.2 Å². The first kappa shape index (κ1) is 17.2. The average molecular weight is 380 g/mol. The molecular weight excluding hydrogens is 364 g/mol. The quantitative estimate of drug-likeness (QED) is 0.473. The zero-order valence-electron chi connectivity index (χ0n) is 14.5. The second-order valence-electron chi connectivity index (χ2n) is 5.86. The number of para-hydroxylation sites is 1. The summed E-state index contributed by atoms with van der Waals surface area (Å²) in [6, 6.07) is 13.5. The maximum Gasteiger partial charge on any atom is 0.311 e. The zero-order valence-corrected chi connectivity index (χ0v) is 15.3. The van der Waals surface area contributed by atoms with Crippen molar-refractivity contribution in [2.24, 2.45) is 0 Å². The van der Waals surface area contributed by atoms with Gasteiger partial charge in [0.2, 0.25) is 0 Å². The normalized spacial score (nSPS) is 12.0. The van der Waals surface area contributed by atoms with Crippen LogP contribution in [0.2, 0.25) is 0 Å². The van der Waals surface area contributed by atoms with Crippen LogP contribution in [0.1, 0.15) is 24.5 Å². The van der Waals surface area contributed by atoms with E-state index in [-0.39, 0.29) is 18.3 Å². The maximum absolute atomic E-state index is 12.2. The van der Waals surface area contributed by atoms with E-state index >= 15 is 0 Å². The minimum atomic E-state index is -0.622. The highest BCUT2D eigenvalue weighted by atomic mass is 32.1. The Labute approximate surface area is 159 Å². The molecule has 7 nitrogen and oxygen atoms in total. The van der Waals surface area contributed by atoms with Crippen molar-refractivity contribution in [1.29, 1.82) is 0 Å². The summed E-state index contributed by atoms with van der Waals surface area (Å²) in [6.45, 7) is 1.71. The van der Waals surface area contributed by atoms with Crippen molar-refractivity contribution in [1.82, 2.24) is 20.0 Å². The number of ether oxygens (including phenoxy) is 1. The Morgan fingerprint density at radius 2 is 2.07 bits per heavy atom. The van der Waals surface area contributed by atoms with Crippen LogP contribution < -0.4 is 0 Å². The Balaban J connectivity index is 1.37. The van der Waals surface area contributed by atoms with E-state index in [4.69, 9.17) is 9.15 Å². The number of carbonyl (C=O) groups excluding carboxylic acids is 1. The fourth-order valence-corrected chi connectivity index (χ4v) is 3.17. The largest absolute Gasteiger partial charge is 0.452 e. The van der Waals surface area contributed by atoms with Crippen LogP contribution in [0.15, 0.2) is 64.7 Å². The third-order valence-electron chi connectivity index (χ3n) is 3.83. The third kappa shape index (κ3) is 3.95. The van der Waals surface area contributed by atoms with Gasteiger partial charge in [-0.2, -0.15) is 5.10 Å². The molecule has 136 valence electrons. The monoisotopic (exact) mass is 380 g/mol. The summed E-state index contributed by atoms with van der Waals surface area (Å²) < 4.78 is 12.7. The van der Waals surface area contributed by atoms with Crippen molar-refractivity contribution >= 4 is 17.3 Å². The molecule has 0 aliphatic rings. The van der Waals surface area contributed by atoms with Crippen LogP contribution in [-0.4, -0.2) is 25.9 Å². The second kappa shape index (κ2) is 7.55. The van der Waals surface area contributed by atoms with Gasteiger partial charge in [0, 0.05) is 11.8 Å². The molecule has 0 amide bonds. The topological polar surface area (TPSA) is 83.0 Å². The van der Waals surface area contributed by atoms with Crippen LogP contribution in [0, 0.1) is 0 Å². The lowest BCUT2D eigenvalue weighted by Gasteiger charge is -2.08. The Kier molecular flexibility index (Phi) is 4.80. The van der Waals surface area contributed by atoms with Gasteiger partial charge in [-0.25, -0.2) is 4.68 Å². The highest BCUT2D eigenvalue weighted by molar-refractivity contribution is 7.13. The number of thiophene rings is 1. The number of esters is 1. The Bertz CT molecular complexity index is 1020. The molecule has 27 heavy (non-hydrogen) atoms. The number of benzene rings is 1. The molecular formula is C19H16N4O3S. The minimum absolute atomic E-state index is 0.114. The molecule has 8 heteroatoms. The number of hydrogen-bond acceptors (Lipinski definition) is 7. The summed E-state index contributed by atoms with van der Waals surface area (Å²) in [4.78, 5) is 13.1. The second-order valence-corrected chi connectivity index (χ2v) is 6.81. The van der Waals surface area contributed by atoms with Crippen molar-refractivity contribution in [3.8, 4) is 16.5 Å². The molecule has 0 spiro atoms. The molecule has 0 radical (unpaired) electrons. The maximum atomic E-state index is 12.2. The van der Waals surface area contributed by atoms with Gasteiger partial charge in [0.1, 0.15) is 0 Å². The lowest BCUT2D eigenvalue weighted by Crippen LogP contribution is -2.11. The van der Waals surface area contributed by atoms with E-state index < -0.39 is 6.10 Å². The minimum Gasteiger partial charge on any atom is -0.452 e. The van der Waals surface area contributed by atoms with Gasteiger partial charge in [-0.1, -0.05) is 24.3 Å². The van der Waals surface area contributed by atoms with E-state index in [1.54, 1.807) is 17.8 Å². The molecule has 0 bridgehead atoms. The molecule has 0 fully saturated rings. The molecule has 3 aromatic heterocycles. The van der Waals surface area contributed by atoms with Gasteiger partial charge in [0.15, 0.2) is 6.10 Å². The fraction of sp³-hybridized carbons (Fsp3) is 0.158. The van der Waals surface area contributed by atoms with E-state index in [1.807, 2.05) is 54.0 Å². The van der Waals surface area contributed by atoms with Crippen LogP contribution in [0.3, 0.4) is 0 Å². The van der Waals surface area contributed by atoms with Crippen molar-refractivity contribution in [3.05, 3.63) is 71.7 Å². The van der Waals surface area contributed by atoms with Gasteiger partial charge in [-0.3, -0.25) is 4.79 Å². The standard InChI is InChI=1S/C19H16N4O3S/c1-13(18-21-22-19(26-18)16-8-5-9-27-16)25-17(24)10-14-11-20-23(12-14)15-6-3-2-4-7-15/h2-9,11-13H,10H2,1H3. The Hall–Kier alpha value is -3.26. The average Bonchev–Trinajstić information content (AvgIpc) is 3.43. The van der Waals surface area contributed by atoms with Gasteiger partial charge in [0.25, 0.3) is 11.8 Å². The number of aromatic nitrogens is 4. The van der Waals surface area contributed by atoms with E-state index in [1.165, 1.54) is 11.3 Å². The van der Waals surface area contributed by atoms with Crippen molar-refractivity contribution in [3.63, 3.8) is 0 Å². The fourth-order valence-electron chi connectivity index (χ4n) is 2.53. The van der Waals surface area contributed by atoms with Gasteiger partial charge >= 0.3 is 5.97 Å². The summed E-state index contributed by atoms with van der Waals surface area (Å²) in [5, 5.41) is 14.2. The summed E-state index contributed by atoms with van der Waals surface area (Å²) in [5.41, 5.74) is 1.69. The molecule has 0 saturated carbocycles. The number of hydrogen-bond donors (Lipinski definition) is 0. The first-order chi connectivity index (χ1) is 13.2. The number of rotatable bonds is 6. The Morgan fingerprint density at radius 3 is 2.85 bits per heavy atom. The SMILES string of the molecule is CC(OC(=O)Cc1cnn(-c2ccccc2)c1)c1nnc(-c2cccs2)o1. The lowest BCUT2D eigenvalue weighted by atomic mass is 10.2. The Morgan fingerprint density at radius 1 is 1.22 bits per heavy atom. The molecule has 1 atom stereocenters. The molecule has 0 saturated heterocycles. The van der Waals surface area contributed by atoms with Crippen LogP contribution in [0.4, 0.5) is 0 Å². The highest BCUT2D eigenvalue weighted by Gasteiger charge is 2.20. The predicted molar refractivity (Wildman–Crippen MR) is 99.4 cm³/mol. The molecule has 1 aromatic carbocycles. The summed E-state index contributed by atoms with van der Waals surface area (Å²) in [6.07, 6.45) is 2.95. The van der Waals surface area contributed by atoms with Crippen LogP contribution in [-0.2, 0) is 16.0 Å². The van der Waals surface area contributed by atoms with Gasteiger partial charge in [-0.15, -0.1) is 21.5 Å². The molecule has 1 unspecified atom stereocenters. The van der Waals surface area contributed by atoms with Gasteiger partial charge < -0.3 is 9.15 Å². The van der Waals surface area contributed by atoms with E-state index in [0.29, 0.717) is 5.89 Å². The van der Waals surface area contributed by atoms with E-state index in [0.717, 1.165) is 16.1 Å². The third-order valence-corrected chi connectivity index (χ3v) is 4.69. The van der Waals surface area contributed by atoms with E-state index in [9.17, 15) is 4.79 Å². The van der Waals surface area contributed by atoms with E-state index in [2.05, 4.69) is 15.3 Å². The molecule has 0 aliphatic carbocycles. The summed E-state index contributed by atoms with van der Waals surface area (Å²) in [7, 11) is 0. The van der Waals surface area contributed by atoms with Crippen LogP contribution in [0.25, 0.3) is 16.5 Å². The van der Waals surface area contributed by atoms with Crippen molar-refractivity contribution < 1.29 is 13.9 Å². The molecule has 0 aliphatic heterocycles. The molecule has 3 heterocycles. The van der Waals surface area contributed by atoms with Crippen LogP contribution >= 0.6 is 11.3 Å². The lowest BCUT2D eigenvalue weighted by molar-refractivity contribution is -0.148. The first-order valence-corrected chi connectivity index (χ1v) is 9.23. The molecule has 4 rings (SSSR count). The summed E-state index contributed by atoms with van der Waals surface area (Å²) in [5.74, 6) is 0.310. The first-order valence-electron chi connectivity index (χ1n) is 8.35. The number of carbonyl (C=O) groups is 1. The van der Waals surface area contributed by atoms with Gasteiger partial charge in [-0.05, 0) is 30.5 Å². The predicted octanol–water partition coefficient (Wildman–Crippen LogP) is 3.83. The summed E-state index contributed by atoms with van der Waals surface area (Å²) >= 11 is 1.50. The highest BCUT2D eigenvalue weighted by Crippen LogP contribution is 2.26. The van der Waals surface area contributed by atoms with Crippen molar-refractivity contribution in [2.45, 2.75) is 19.4 Å². The zero-order chi connectivity index (χ0) is 18.6. The number of nitrogens with zero attached hydrogens (tertiary/aromatic N) is 4. The molecule has 4 aromatic rings. The van der Waals surface area contributed by atoms with Crippen LogP contribution in [0.5, 0.6) is 0 Å². The molecule has 0 N–H and O–H groups in total. The smallest absolute Gasteiger partial charge is 0.311 e.